The number of hydrogen-bond donors (Lipinski definition) is 1. The zero-order valence-corrected chi connectivity index (χ0v) is 11.5. The fourth-order valence-corrected chi connectivity index (χ4v) is 2.03. The molecule has 116 valence electrons. The predicted octanol–water partition coefficient (Wildman–Crippen LogP) is 4.67. The maximum absolute atomic E-state index is 12.5. The van der Waals surface area contributed by atoms with Crippen LogP contribution < -0.4 is 5.32 Å². The van der Waals surface area contributed by atoms with Gasteiger partial charge in [0.1, 0.15) is 0 Å². The molecule has 1 nitrogen and oxygen atoms in total. The first-order valence-electron chi connectivity index (χ1n) is 6.18. The van der Waals surface area contributed by atoms with E-state index in [1.807, 2.05) is 6.92 Å². The van der Waals surface area contributed by atoms with Crippen LogP contribution in [0.2, 0.25) is 0 Å². The first kappa shape index (κ1) is 18.5. The second-order valence-corrected chi connectivity index (χ2v) is 5.44. The number of halogens is 6. The van der Waals surface area contributed by atoms with Crippen molar-refractivity contribution in [3.63, 3.8) is 0 Å². The lowest BCUT2D eigenvalue weighted by molar-refractivity contribution is -0.197. The van der Waals surface area contributed by atoms with Crippen LogP contribution in [0.4, 0.5) is 26.3 Å². The smallest absolute Gasteiger partial charge is 0.311 e. The van der Waals surface area contributed by atoms with Gasteiger partial charge in [-0.15, -0.1) is 0 Å². The Balaban J connectivity index is 5.03. The van der Waals surface area contributed by atoms with Crippen LogP contribution in [-0.2, 0) is 0 Å². The molecular formula is C12H21F6N. The number of hydrogen-bond acceptors (Lipinski definition) is 1. The Hall–Kier alpha value is -0.460. The highest BCUT2D eigenvalue weighted by Crippen LogP contribution is 2.43. The Morgan fingerprint density at radius 2 is 1.26 bits per heavy atom. The van der Waals surface area contributed by atoms with Gasteiger partial charge in [-0.2, -0.15) is 26.3 Å². The molecule has 0 amide bonds. The minimum absolute atomic E-state index is 0.129. The minimum Gasteiger partial charge on any atom is -0.311 e. The largest absolute Gasteiger partial charge is 0.389 e. The van der Waals surface area contributed by atoms with Gasteiger partial charge < -0.3 is 5.32 Å². The van der Waals surface area contributed by atoms with Crippen molar-refractivity contribution >= 4 is 0 Å². The SMILES string of the molecule is CCC(C)NC(C)C(C)(CC(F)(F)F)CC(F)(F)F. The lowest BCUT2D eigenvalue weighted by Gasteiger charge is -2.38. The highest BCUT2D eigenvalue weighted by atomic mass is 19.4. The molecular weight excluding hydrogens is 272 g/mol. The van der Waals surface area contributed by atoms with Gasteiger partial charge in [0, 0.05) is 12.1 Å². The van der Waals surface area contributed by atoms with Gasteiger partial charge in [-0.1, -0.05) is 13.8 Å². The molecule has 0 aliphatic carbocycles. The molecule has 0 heterocycles. The molecule has 1 N–H and O–H groups in total. The summed E-state index contributed by atoms with van der Waals surface area (Å²) in [5, 5.41) is 2.82. The molecule has 19 heavy (non-hydrogen) atoms. The fraction of sp³-hybridized carbons (Fsp3) is 1.00. The van der Waals surface area contributed by atoms with E-state index in [1.54, 1.807) is 6.92 Å². The summed E-state index contributed by atoms with van der Waals surface area (Å²) in [4.78, 5) is 0. The highest BCUT2D eigenvalue weighted by Gasteiger charge is 2.48. The lowest BCUT2D eigenvalue weighted by Crippen LogP contribution is -2.49. The van der Waals surface area contributed by atoms with Crippen molar-refractivity contribution in [3.05, 3.63) is 0 Å². The Bertz CT molecular complexity index is 254. The van der Waals surface area contributed by atoms with E-state index in [9.17, 15) is 26.3 Å². The van der Waals surface area contributed by atoms with E-state index in [0.717, 1.165) is 6.92 Å². The fourth-order valence-electron chi connectivity index (χ4n) is 2.03. The van der Waals surface area contributed by atoms with Crippen molar-refractivity contribution in [2.45, 2.75) is 71.4 Å². The molecule has 0 aliphatic rings. The molecule has 0 fully saturated rings. The molecule has 0 bridgehead atoms. The van der Waals surface area contributed by atoms with Crippen molar-refractivity contribution in [1.82, 2.24) is 5.32 Å². The first-order chi connectivity index (χ1) is 8.29. The summed E-state index contributed by atoms with van der Waals surface area (Å²) in [6.07, 6.45) is -11.5. The number of alkyl halides is 6. The molecule has 0 spiro atoms. The summed E-state index contributed by atoms with van der Waals surface area (Å²) in [5.74, 6) is 0. The molecule has 0 saturated heterocycles. The van der Waals surface area contributed by atoms with Gasteiger partial charge in [0.15, 0.2) is 0 Å². The van der Waals surface area contributed by atoms with Crippen LogP contribution in [-0.4, -0.2) is 24.4 Å². The average molecular weight is 293 g/mol. The van der Waals surface area contributed by atoms with Crippen LogP contribution >= 0.6 is 0 Å². The molecule has 0 aliphatic heterocycles. The molecule has 2 atom stereocenters. The summed E-state index contributed by atoms with van der Waals surface area (Å²) < 4.78 is 75.1. The lowest BCUT2D eigenvalue weighted by atomic mass is 9.76. The van der Waals surface area contributed by atoms with Crippen LogP contribution in [0.1, 0.15) is 47.0 Å². The third-order valence-corrected chi connectivity index (χ3v) is 3.40. The van der Waals surface area contributed by atoms with Crippen LogP contribution in [0, 0.1) is 5.41 Å². The monoisotopic (exact) mass is 293 g/mol. The van der Waals surface area contributed by atoms with Gasteiger partial charge in [0.2, 0.25) is 0 Å². The van der Waals surface area contributed by atoms with Crippen LogP contribution in [0.3, 0.4) is 0 Å². The summed E-state index contributed by atoms with van der Waals surface area (Å²) in [6, 6.07) is -1.01. The topological polar surface area (TPSA) is 12.0 Å². The Labute approximate surface area is 109 Å². The molecule has 0 aromatic carbocycles. The summed E-state index contributed by atoms with van der Waals surface area (Å²) >= 11 is 0. The second-order valence-electron chi connectivity index (χ2n) is 5.44. The second kappa shape index (κ2) is 6.33. The van der Waals surface area contributed by atoms with E-state index >= 15 is 0 Å². The standard InChI is InChI=1S/C12H21F6N/c1-5-8(2)19-9(3)10(4,6-11(13,14)15)7-12(16,17)18/h8-9,19H,5-7H2,1-4H3. The van der Waals surface area contributed by atoms with E-state index < -0.39 is 36.7 Å². The van der Waals surface area contributed by atoms with Gasteiger partial charge in [-0.25, -0.2) is 0 Å². The van der Waals surface area contributed by atoms with Crippen LogP contribution in [0.15, 0.2) is 0 Å². The number of rotatable bonds is 6. The van der Waals surface area contributed by atoms with Crippen LogP contribution in [0.25, 0.3) is 0 Å². The summed E-state index contributed by atoms with van der Waals surface area (Å²) in [7, 11) is 0. The van der Waals surface area contributed by atoms with Crippen molar-refractivity contribution in [1.29, 1.82) is 0 Å². The Morgan fingerprint density at radius 3 is 1.53 bits per heavy atom. The van der Waals surface area contributed by atoms with Gasteiger partial charge in [0.05, 0.1) is 12.8 Å². The zero-order chi connectivity index (χ0) is 15.5. The molecule has 0 aromatic rings. The quantitative estimate of drug-likeness (QED) is 0.701. The molecule has 0 rings (SSSR count). The van der Waals surface area contributed by atoms with Gasteiger partial charge in [0.25, 0.3) is 0 Å². The normalized spacial score (nSPS) is 17.4. The maximum atomic E-state index is 12.5. The molecule has 2 unspecified atom stereocenters. The maximum Gasteiger partial charge on any atom is 0.389 e. The third kappa shape index (κ3) is 7.64. The van der Waals surface area contributed by atoms with Gasteiger partial charge in [-0.05, 0) is 25.7 Å². The molecule has 0 aromatic heterocycles. The molecule has 0 radical (unpaired) electrons. The Morgan fingerprint density at radius 1 is 0.895 bits per heavy atom. The van der Waals surface area contributed by atoms with Crippen molar-refractivity contribution in [2.75, 3.05) is 0 Å². The zero-order valence-electron chi connectivity index (χ0n) is 11.5. The molecule has 0 saturated carbocycles. The minimum atomic E-state index is -4.62. The van der Waals surface area contributed by atoms with Crippen molar-refractivity contribution in [3.8, 4) is 0 Å². The van der Waals surface area contributed by atoms with Gasteiger partial charge in [-0.3, -0.25) is 0 Å². The third-order valence-electron chi connectivity index (χ3n) is 3.40. The van der Waals surface area contributed by atoms with Crippen molar-refractivity contribution < 1.29 is 26.3 Å². The summed E-state index contributed by atoms with van der Waals surface area (Å²) in [5.41, 5.74) is -1.90. The van der Waals surface area contributed by atoms with Crippen molar-refractivity contribution in [2.24, 2.45) is 5.41 Å². The summed E-state index contributed by atoms with van der Waals surface area (Å²) in [6.45, 7) is 5.96. The Kier molecular flexibility index (Phi) is 6.17. The van der Waals surface area contributed by atoms with Gasteiger partial charge >= 0.3 is 12.4 Å². The van der Waals surface area contributed by atoms with Crippen LogP contribution in [0.5, 0.6) is 0 Å². The first-order valence-corrected chi connectivity index (χ1v) is 6.18. The van der Waals surface area contributed by atoms with E-state index in [-0.39, 0.29) is 6.04 Å². The number of nitrogens with one attached hydrogen (secondary N) is 1. The van der Waals surface area contributed by atoms with E-state index in [2.05, 4.69) is 5.32 Å². The van der Waals surface area contributed by atoms with E-state index in [4.69, 9.17) is 0 Å². The average Bonchev–Trinajstić information content (AvgIpc) is 2.11. The van der Waals surface area contributed by atoms with E-state index in [0.29, 0.717) is 6.42 Å². The highest BCUT2D eigenvalue weighted by molar-refractivity contribution is 4.90. The predicted molar refractivity (Wildman–Crippen MR) is 61.8 cm³/mol. The van der Waals surface area contributed by atoms with E-state index in [1.165, 1.54) is 6.92 Å². The molecule has 7 heteroatoms.